The Morgan fingerprint density at radius 1 is 0.930 bits per heavy atom. The molecule has 0 spiro atoms. The number of hydrogen-bond donors (Lipinski definition) is 2. The first kappa shape index (κ1) is 37.5. The van der Waals surface area contributed by atoms with Crippen LogP contribution in [-0.4, -0.2) is 83.7 Å². The van der Waals surface area contributed by atoms with Gasteiger partial charge < -0.3 is 24.8 Å². The number of likely N-dealkylation sites (N-methyl/N-ethyl adjacent to an activating group) is 2. The van der Waals surface area contributed by atoms with Crippen molar-refractivity contribution in [3.8, 4) is 5.75 Å². The van der Waals surface area contributed by atoms with E-state index in [1.165, 1.54) is 30.9 Å². The first-order chi connectivity index (χ1) is 19.5. The van der Waals surface area contributed by atoms with Crippen LogP contribution < -0.4 is 10.1 Å². The number of methoxy groups -OCH3 is 1. The van der Waals surface area contributed by atoms with Gasteiger partial charge in [0, 0.05) is 30.6 Å². The van der Waals surface area contributed by atoms with Gasteiger partial charge >= 0.3 is 12.1 Å². The average molecular weight is 604 g/mol. The molecule has 2 N–H and O–H groups in total. The highest BCUT2D eigenvalue weighted by molar-refractivity contribution is 5.93. The molecule has 0 radical (unpaired) electrons. The number of rotatable bonds is 11. The monoisotopic (exact) mass is 603 g/mol. The predicted octanol–water partition coefficient (Wildman–Crippen LogP) is 5.25. The lowest BCUT2D eigenvalue weighted by Gasteiger charge is -2.42. The Hall–Kier alpha value is -3.56. The Balaban J connectivity index is 3.70. The number of para-hydroxylation sites is 1. The van der Waals surface area contributed by atoms with Gasteiger partial charge in [0.2, 0.25) is 11.8 Å². The number of carboxylic acids is 1. The normalized spacial score (nSPS) is 14.8. The molecule has 0 heterocycles. The number of amides is 3. The van der Waals surface area contributed by atoms with E-state index in [1.54, 1.807) is 40.0 Å². The predicted molar refractivity (Wildman–Crippen MR) is 168 cm³/mol. The minimum atomic E-state index is -1.11. The minimum Gasteiger partial charge on any atom is -0.496 e. The number of carbonyl (C=O) groups excluding carboxylic acids is 3. The quantitative estimate of drug-likeness (QED) is 0.331. The van der Waals surface area contributed by atoms with Crippen molar-refractivity contribution in [2.45, 2.75) is 105 Å². The van der Waals surface area contributed by atoms with Gasteiger partial charge in [0.05, 0.1) is 13.2 Å². The second kappa shape index (κ2) is 14.3. The Kier molecular flexibility index (Phi) is 12.4. The molecule has 3 amide bonds. The third-order valence-corrected chi connectivity index (χ3v) is 7.44. The van der Waals surface area contributed by atoms with E-state index in [9.17, 15) is 24.3 Å². The van der Waals surface area contributed by atoms with Crippen LogP contribution in [0.2, 0.25) is 0 Å². The van der Waals surface area contributed by atoms with Crippen molar-refractivity contribution in [1.82, 2.24) is 15.1 Å². The number of ether oxygens (including phenoxy) is 2. The van der Waals surface area contributed by atoms with Crippen molar-refractivity contribution in [2.75, 3.05) is 21.2 Å². The van der Waals surface area contributed by atoms with Crippen molar-refractivity contribution in [3.05, 3.63) is 41.5 Å². The first-order valence-electron chi connectivity index (χ1n) is 14.5. The summed E-state index contributed by atoms with van der Waals surface area (Å²) in [6.45, 7) is 19.7. The number of hydrogen-bond acceptors (Lipinski definition) is 6. The lowest BCUT2D eigenvalue weighted by Crippen LogP contribution is -2.63. The maximum absolute atomic E-state index is 14.4. The molecule has 0 aromatic heterocycles. The van der Waals surface area contributed by atoms with E-state index < -0.39 is 52.5 Å². The van der Waals surface area contributed by atoms with Gasteiger partial charge in [-0.05, 0) is 45.1 Å². The maximum Gasteiger partial charge on any atom is 0.410 e. The summed E-state index contributed by atoms with van der Waals surface area (Å²) >= 11 is 0. The highest BCUT2D eigenvalue weighted by Crippen LogP contribution is 2.37. The van der Waals surface area contributed by atoms with Crippen LogP contribution in [-0.2, 0) is 24.5 Å². The fourth-order valence-electron chi connectivity index (χ4n) is 5.05. The standard InChI is InChI=1S/C33H53N3O7/c1-20(2)23(19-21(3)29(39)40)35(12)28(38)25(31(4,5)6)34-27(37)26(36(13)30(41)43-32(7,8)9)33(10,11)22-17-15-16-18-24(22)42-14/h15-20,23,25-26H,1-14H3,(H,34,37)(H,39,40)/t23-,25-,26-/m1/s1. The molecule has 1 rings (SSSR count). The molecule has 43 heavy (non-hydrogen) atoms. The highest BCUT2D eigenvalue weighted by Gasteiger charge is 2.46. The van der Waals surface area contributed by atoms with Crippen molar-refractivity contribution in [1.29, 1.82) is 0 Å². The largest absolute Gasteiger partial charge is 0.496 e. The van der Waals surface area contributed by atoms with E-state index in [2.05, 4.69) is 5.32 Å². The van der Waals surface area contributed by atoms with Crippen LogP contribution in [0.15, 0.2) is 35.9 Å². The van der Waals surface area contributed by atoms with Crippen LogP contribution in [0, 0.1) is 11.3 Å². The van der Waals surface area contributed by atoms with E-state index in [4.69, 9.17) is 9.47 Å². The smallest absolute Gasteiger partial charge is 0.410 e. The number of aliphatic carboxylic acids is 1. The molecule has 3 atom stereocenters. The molecule has 0 saturated carbocycles. The number of benzene rings is 1. The molecule has 0 aliphatic carbocycles. The Bertz CT molecular complexity index is 1190. The minimum absolute atomic E-state index is 0.102. The SMILES string of the molecule is COc1ccccc1C(C)(C)[C@@H](C(=O)N[C@H](C(=O)N(C)[C@H](C=C(C)C(=O)O)C(C)C)C(C)(C)C)N(C)C(=O)OC(C)(C)C. The Morgan fingerprint density at radius 3 is 1.91 bits per heavy atom. The molecule has 0 bridgehead atoms. The zero-order chi connectivity index (χ0) is 33.7. The summed E-state index contributed by atoms with van der Waals surface area (Å²) in [5.41, 5.74) is -1.73. The zero-order valence-electron chi connectivity index (χ0n) is 28.5. The van der Waals surface area contributed by atoms with E-state index >= 15 is 0 Å². The average Bonchev–Trinajstić information content (AvgIpc) is 2.87. The Labute approximate surface area is 257 Å². The van der Waals surface area contributed by atoms with Crippen LogP contribution in [0.4, 0.5) is 4.79 Å². The molecule has 0 saturated heterocycles. The Morgan fingerprint density at radius 2 is 1.47 bits per heavy atom. The van der Waals surface area contributed by atoms with Crippen molar-refractivity contribution in [3.63, 3.8) is 0 Å². The van der Waals surface area contributed by atoms with Crippen LogP contribution in [0.5, 0.6) is 5.75 Å². The summed E-state index contributed by atoms with van der Waals surface area (Å²) in [6.07, 6.45) is 0.858. The summed E-state index contributed by atoms with van der Waals surface area (Å²) in [4.78, 5) is 56.1. The third-order valence-electron chi connectivity index (χ3n) is 7.44. The summed E-state index contributed by atoms with van der Waals surface area (Å²) in [5.74, 6) is -1.56. The summed E-state index contributed by atoms with van der Waals surface area (Å²) < 4.78 is 11.2. The van der Waals surface area contributed by atoms with Crippen LogP contribution in [0.1, 0.15) is 81.7 Å². The highest BCUT2D eigenvalue weighted by atomic mass is 16.6. The van der Waals surface area contributed by atoms with Gasteiger partial charge in [-0.15, -0.1) is 0 Å². The summed E-state index contributed by atoms with van der Waals surface area (Å²) in [7, 11) is 4.65. The maximum atomic E-state index is 14.4. The van der Waals surface area contributed by atoms with E-state index in [0.717, 1.165) is 0 Å². The number of nitrogens with one attached hydrogen (secondary N) is 1. The second-order valence-electron chi connectivity index (χ2n) is 14.1. The molecular weight excluding hydrogens is 550 g/mol. The van der Waals surface area contributed by atoms with Crippen molar-refractivity contribution in [2.24, 2.45) is 11.3 Å². The van der Waals surface area contributed by atoms with Gasteiger partial charge in [-0.25, -0.2) is 9.59 Å². The first-order valence-corrected chi connectivity index (χ1v) is 14.5. The molecular formula is C33H53N3O7. The summed E-state index contributed by atoms with van der Waals surface area (Å²) in [5, 5.41) is 12.4. The molecule has 242 valence electrons. The number of carbonyl (C=O) groups is 4. The second-order valence-corrected chi connectivity index (χ2v) is 14.1. The lowest BCUT2D eigenvalue weighted by molar-refractivity contribution is -0.142. The molecule has 1 aromatic carbocycles. The zero-order valence-corrected chi connectivity index (χ0v) is 28.5. The van der Waals surface area contributed by atoms with Crippen LogP contribution >= 0.6 is 0 Å². The fraction of sp³-hybridized carbons (Fsp3) is 0.636. The molecule has 0 aliphatic rings. The topological polar surface area (TPSA) is 125 Å². The number of carboxylic acid groups (broad SMARTS) is 1. The molecule has 0 aliphatic heterocycles. The third kappa shape index (κ3) is 9.73. The van der Waals surface area contributed by atoms with Gasteiger partial charge in [0.1, 0.15) is 23.4 Å². The molecule has 10 nitrogen and oxygen atoms in total. The summed E-state index contributed by atoms with van der Waals surface area (Å²) in [6, 6.07) is 4.62. The fourth-order valence-corrected chi connectivity index (χ4v) is 5.05. The lowest BCUT2D eigenvalue weighted by atomic mass is 9.75. The van der Waals surface area contributed by atoms with E-state index in [-0.39, 0.29) is 17.4 Å². The number of nitrogens with zero attached hydrogens (tertiary/aromatic N) is 2. The molecule has 10 heteroatoms. The van der Waals surface area contributed by atoms with Crippen LogP contribution in [0.25, 0.3) is 0 Å². The van der Waals surface area contributed by atoms with Gasteiger partial charge in [0.25, 0.3) is 0 Å². The van der Waals surface area contributed by atoms with Gasteiger partial charge in [-0.3, -0.25) is 14.5 Å². The molecule has 0 fully saturated rings. The van der Waals surface area contributed by atoms with Crippen LogP contribution in [0.3, 0.4) is 0 Å². The van der Waals surface area contributed by atoms with E-state index in [1.807, 2.05) is 66.7 Å². The van der Waals surface area contributed by atoms with Gasteiger partial charge in [-0.1, -0.05) is 72.7 Å². The van der Waals surface area contributed by atoms with Crippen molar-refractivity contribution >= 4 is 23.9 Å². The van der Waals surface area contributed by atoms with Crippen molar-refractivity contribution < 1.29 is 33.8 Å². The van der Waals surface area contributed by atoms with Gasteiger partial charge in [-0.2, -0.15) is 0 Å². The van der Waals surface area contributed by atoms with Gasteiger partial charge in [0.15, 0.2) is 0 Å². The van der Waals surface area contributed by atoms with E-state index in [0.29, 0.717) is 11.3 Å². The molecule has 0 unspecified atom stereocenters. The molecule has 1 aromatic rings.